The lowest BCUT2D eigenvalue weighted by Crippen LogP contribution is -2.37. The van der Waals surface area contributed by atoms with Gasteiger partial charge in [-0.05, 0) is 37.5 Å². The first-order valence-corrected chi connectivity index (χ1v) is 10.4. The van der Waals surface area contributed by atoms with Crippen LogP contribution >= 0.6 is 0 Å². The van der Waals surface area contributed by atoms with Crippen molar-refractivity contribution in [2.24, 2.45) is 12.0 Å². The van der Waals surface area contributed by atoms with Crippen molar-refractivity contribution in [1.82, 2.24) is 30.1 Å². The van der Waals surface area contributed by atoms with Crippen molar-refractivity contribution in [3.05, 3.63) is 42.0 Å². The Morgan fingerprint density at radius 3 is 2.59 bits per heavy atom. The molecule has 0 bridgehead atoms. The molecule has 27 heavy (non-hydrogen) atoms. The van der Waals surface area contributed by atoms with Gasteiger partial charge in [0, 0.05) is 19.6 Å². The van der Waals surface area contributed by atoms with Crippen LogP contribution in [0.15, 0.2) is 40.5 Å². The summed E-state index contributed by atoms with van der Waals surface area (Å²) in [5, 5.41) is 10.4. The summed E-state index contributed by atoms with van der Waals surface area (Å²) in [4.78, 5) is 8.99. The summed E-state index contributed by atoms with van der Waals surface area (Å²) in [5.41, 5.74) is 0.927. The van der Waals surface area contributed by atoms with Crippen LogP contribution in [0, 0.1) is 0 Å². The third-order valence-electron chi connectivity index (χ3n) is 4.12. The van der Waals surface area contributed by atoms with Gasteiger partial charge in [-0.2, -0.15) is 5.10 Å². The molecule has 0 radical (unpaired) electrons. The van der Waals surface area contributed by atoms with Crippen molar-refractivity contribution in [1.29, 1.82) is 0 Å². The quantitative estimate of drug-likeness (QED) is 0.446. The first kappa shape index (κ1) is 19.3. The summed E-state index contributed by atoms with van der Waals surface area (Å²) in [6.45, 7) is 3.66. The van der Waals surface area contributed by atoms with Gasteiger partial charge in [0.25, 0.3) is 0 Å². The second kappa shape index (κ2) is 8.49. The molecule has 0 unspecified atom stereocenters. The maximum atomic E-state index is 12.2. The van der Waals surface area contributed by atoms with Gasteiger partial charge in [-0.1, -0.05) is 12.1 Å². The average Bonchev–Trinajstić information content (AvgIpc) is 3.36. The molecular formula is C17H25N7O2S. The van der Waals surface area contributed by atoms with Crippen LogP contribution in [0.1, 0.15) is 31.2 Å². The molecule has 0 amide bonds. The predicted molar refractivity (Wildman–Crippen MR) is 102 cm³/mol. The average molecular weight is 392 g/mol. The van der Waals surface area contributed by atoms with Gasteiger partial charge < -0.3 is 10.6 Å². The van der Waals surface area contributed by atoms with Crippen molar-refractivity contribution in [3.63, 3.8) is 0 Å². The zero-order chi connectivity index (χ0) is 19.3. The number of aliphatic imine (C=N–C) groups is 1. The Hall–Kier alpha value is -2.46. The van der Waals surface area contributed by atoms with Gasteiger partial charge >= 0.3 is 0 Å². The minimum atomic E-state index is -3.42. The van der Waals surface area contributed by atoms with E-state index >= 15 is 0 Å². The molecule has 1 saturated carbocycles. The number of guanidine groups is 1. The van der Waals surface area contributed by atoms with Gasteiger partial charge in [-0.25, -0.2) is 23.1 Å². The molecule has 1 heterocycles. The predicted octanol–water partition coefficient (Wildman–Crippen LogP) is 0.511. The number of sulfonamides is 1. The van der Waals surface area contributed by atoms with E-state index in [1.54, 1.807) is 28.9 Å². The third kappa shape index (κ3) is 5.51. The second-order valence-corrected chi connectivity index (χ2v) is 8.10. The van der Waals surface area contributed by atoms with E-state index < -0.39 is 10.0 Å². The molecule has 146 valence electrons. The van der Waals surface area contributed by atoms with E-state index in [0.717, 1.165) is 30.8 Å². The van der Waals surface area contributed by atoms with Gasteiger partial charge in [0.2, 0.25) is 10.0 Å². The van der Waals surface area contributed by atoms with Crippen LogP contribution in [-0.4, -0.2) is 41.7 Å². The zero-order valence-electron chi connectivity index (χ0n) is 15.5. The summed E-state index contributed by atoms with van der Waals surface area (Å²) in [6, 6.07) is 6.92. The third-order valence-corrected chi connectivity index (χ3v) is 5.65. The highest BCUT2D eigenvalue weighted by atomic mass is 32.2. The highest BCUT2D eigenvalue weighted by Gasteiger charge is 2.27. The Balaban J connectivity index is 1.60. The lowest BCUT2D eigenvalue weighted by molar-refractivity contribution is 0.581. The van der Waals surface area contributed by atoms with Crippen LogP contribution < -0.4 is 15.4 Å². The van der Waals surface area contributed by atoms with Crippen molar-refractivity contribution in [3.8, 4) is 0 Å². The van der Waals surface area contributed by atoms with Crippen molar-refractivity contribution < 1.29 is 8.42 Å². The number of hydrogen-bond donors (Lipinski definition) is 3. The van der Waals surface area contributed by atoms with Crippen LogP contribution in [-0.2, 0) is 30.2 Å². The van der Waals surface area contributed by atoms with Crippen LogP contribution in [0.5, 0.6) is 0 Å². The Morgan fingerprint density at radius 2 is 2.00 bits per heavy atom. The fourth-order valence-corrected chi connectivity index (χ4v) is 3.72. The largest absolute Gasteiger partial charge is 0.357 e. The molecule has 1 aromatic heterocycles. The molecule has 1 aliphatic rings. The summed E-state index contributed by atoms with van der Waals surface area (Å²) >= 11 is 0. The summed E-state index contributed by atoms with van der Waals surface area (Å²) < 4.78 is 28.8. The molecular weight excluding hydrogens is 366 g/mol. The first-order chi connectivity index (χ1) is 13.0. The second-order valence-electron chi connectivity index (χ2n) is 6.39. The van der Waals surface area contributed by atoms with Crippen molar-refractivity contribution >= 4 is 16.0 Å². The van der Waals surface area contributed by atoms with Gasteiger partial charge in [-0.3, -0.25) is 4.68 Å². The Bertz CT molecular complexity index is 886. The minimum Gasteiger partial charge on any atom is -0.357 e. The highest BCUT2D eigenvalue weighted by molar-refractivity contribution is 7.89. The van der Waals surface area contributed by atoms with E-state index in [1.807, 2.05) is 14.0 Å². The Kier molecular flexibility index (Phi) is 6.07. The lowest BCUT2D eigenvalue weighted by atomic mass is 10.2. The van der Waals surface area contributed by atoms with E-state index in [1.165, 1.54) is 6.33 Å². The molecule has 0 saturated heterocycles. The molecule has 1 aliphatic carbocycles. The SMILES string of the molecule is CCNC(=NCc1ccc(S(=O)(=O)NC2CC2)cc1)NCc1ncnn1C. The molecule has 10 heteroatoms. The van der Waals surface area contributed by atoms with Gasteiger partial charge in [0.1, 0.15) is 12.2 Å². The molecule has 2 aromatic rings. The maximum absolute atomic E-state index is 12.2. The molecule has 0 aliphatic heterocycles. The van der Waals surface area contributed by atoms with Gasteiger partial charge in [0.05, 0.1) is 18.0 Å². The number of benzene rings is 1. The maximum Gasteiger partial charge on any atom is 0.240 e. The summed E-state index contributed by atoms with van der Waals surface area (Å²) in [5.74, 6) is 1.46. The van der Waals surface area contributed by atoms with Crippen LogP contribution in [0.4, 0.5) is 0 Å². The molecule has 1 fully saturated rings. The molecule has 3 N–H and O–H groups in total. The molecule has 3 rings (SSSR count). The minimum absolute atomic E-state index is 0.0990. The molecule has 1 aromatic carbocycles. The Morgan fingerprint density at radius 1 is 1.26 bits per heavy atom. The summed E-state index contributed by atoms with van der Waals surface area (Å²) in [6.07, 6.45) is 3.34. The molecule has 0 spiro atoms. The number of nitrogens with zero attached hydrogens (tertiary/aromatic N) is 4. The van der Waals surface area contributed by atoms with E-state index in [4.69, 9.17) is 0 Å². The van der Waals surface area contributed by atoms with Gasteiger partial charge in [0.15, 0.2) is 5.96 Å². The van der Waals surface area contributed by atoms with Crippen LogP contribution in [0.25, 0.3) is 0 Å². The number of hydrogen-bond acceptors (Lipinski definition) is 5. The smallest absolute Gasteiger partial charge is 0.240 e. The fraction of sp³-hybridized carbons (Fsp3) is 0.471. The van der Waals surface area contributed by atoms with Crippen LogP contribution in [0.3, 0.4) is 0 Å². The molecule has 9 nitrogen and oxygen atoms in total. The van der Waals surface area contributed by atoms with Gasteiger partial charge in [-0.15, -0.1) is 0 Å². The number of rotatable bonds is 8. The molecule has 0 atom stereocenters. The standard InChI is InChI=1S/C17H25N7O2S/c1-3-18-17(20-11-16-21-12-22-24(16)2)19-10-13-4-8-15(9-5-13)27(25,26)23-14-6-7-14/h4-5,8-9,12,14,23H,3,6-7,10-11H2,1-2H3,(H2,18,19,20). The normalized spacial score (nSPS) is 15.0. The monoisotopic (exact) mass is 391 g/mol. The Labute approximate surface area is 159 Å². The topological polar surface area (TPSA) is 113 Å². The lowest BCUT2D eigenvalue weighted by Gasteiger charge is -2.11. The van der Waals surface area contributed by atoms with E-state index in [0.29, 0.717) is 19.0 Å². The zero-order valence-corrected chi connectivity index (χ0v) is 16.3. The van der Waals surface area contributed by atoms with Crippen LogP contribution in [0.2, 0.25) is 0 Å². The van der Waals surface area contributed by atoms with Crippen molar-refractivity contribution in [2.75, 3.05) is 6.54 Å². The number of aryl methyl sites for hydroxylation is 1. The van der Waals surface area contributed by atoms with E-state index in [9.17, 15) is 8.42 Å². The summed E-state index contributed by atoms with van der Waals surface area (Å²) in [7, 11) is -1.58. The number of aromatic nitrogens is 3. The highest BCUT2D eigenvalue weighted by Crippen LogP contribution is 2.22. The first-order valence-electron chi connectivity index (χ1n) is 8.94. The fourth-order valence-electron chi connectivity index (χ4n) is 2.42. The number of nitrogens with one attached hydrogen (secondary N) is 3. The van der Waals surface area contributed by atoms with E-state index in [-0.39, 0.29) is 10.9 Å². The van der Waals surface area contributed by atoms with Crippen molar-refractivity contribution in [2.45, 2.75) is 43.8 Å². The van der Waals surface area contributed by atoms with E-state index in [2.05, 4.69) is 30.4 Å².